The summed E-state index contributed by atoms with van der Waals surface area (Å²) in [6, 6.07) is 16.9. The Labute approximate surface area is 150 Å². The fraction of sp³-hybridized carbons (Fsp3) is 0.304. The molecule has 4 rings (SSSR count). The van der Waals surface area contributed by atoms with Crippen LogP contribution in [-0.4, -0.2) is 24.2 Å². The predicted octanol–water partition coefficient (Wildman–Crippen LogP) is 4.25. The smallest absolute Gasteiger partial charge is 0.0750 e. The van der Waals surface area contributed by atoms with Crippen LogP contribution >= 0.6 is 0 Å². The van der Waals surface area contributed by atoms with E-state index < -0.39 is 0 Å². The van der Waals surface area contributed by atoms with Crippen molar-refractivity contribution in [3.8, 4) is 11.8 Å². The van der Waals surface area contributed by atoms with Gasteiger partial charge in [-0.25, -0.2) is 0 Å². The molecule has 2 aliphatic rings. The summed E-state index contributed by atoms with van der Waals surface area (Å²) in [5.74, 6) is 6.61. The van der Waals surface area contributed by atoms with Crippen molar-refractivity contribution in [1.29, 1.82) is 0 Å². The van der Waals surface area contributed by atoms with Gasteiger partial charge in [-0.3, -0.25) is 0 Å². The molecule has 0 bridgehead atoms. The average molecular weight is 329 g/mol. The molecule has 1 unspecified atom stereocenters. The molecule has 1 fully saturated rings. The molecular weight excluding hydrogens is 306 g/mol. The van der Waals surface area contributed by atoms with Crippen molar-refractivity contribution in [2.45, 2.75) is 31.9 Å². The molecule has 2 aromatic carbocycles. The van der Waals surface area contributed by atoms with E-state index in [0.717, 1.165) is 31.7 Å². The molecule has 0 N–H and O–H groups in total. The van der Waals surface area contributed by atoms with E-state index in [1.54, 1.807) is 0 Å². The first-order valence-corrected chi connectivity index (χ1v) is 9.06. The molecule has 126 valence electrons. The van der Waals surface area contributed by atoms with Crippen LogP contribution in [0.15, 0.2) is 54.7 Å². The minimum absolute atomic E-state index is 0.389. The highest BCUT2D eigenvalue weighted by atomic mass is 16.5. The van der Waals surface area contributed by atoms with Crippen molar-refractivity contribution < 1.29 is 4.74 Å². The van der Waals surface area contributed by atoms with Gasteiger partial charge in [-0.2, -0.15) is 0 Å². The summed E-state index contributed by atoms with van der Waals surface area (Å²) in [4.78, 5) is 2.36. The van der Waals surface area contributed by atoms with Crippen LogP contribution in [0.4, 0.5) is 0 Å². The molecule has 1 atom stereocenters. The second-order valence-corrected chi connectivity index (χ2v) is 6.76. The first-order chi connectivity index (χ1) is 12.4. The Bertz CT molecular complexity index is 807. The number of benzene rings is 2. The van der Waals surface area contributed by atoms with Gasteiger partial charge in [0.05, 0.1) is 6.10 Å². The van der Waals surface area contributed by atoms with Crippen molar-refractivity contribution in [1.82, 2.24) is 4.90 Å². The van der Waals surface area contributed by atoms with Crippen LogP contribution in [-0.2, 0) is 17.7 Å². The minimum atomic E-state index is 0.389. The summed E-state index contributed by atoms with van der Waals surface area (Å²) >= 11 is 0. The lowest BCUT2D eigenvalue weighted by atomic mass is 10.0. The third-order valence-electron chi connectivity index (χ3n) is 4.81. The molecule has 0 radical (unpaired) electrons. The van der Waals surface area contributed by atoms with Gasteiger partial charge in [-0.05, 0) is 47.7 Å². The zero-order valence-electron chi connectivity index (χ0n) is 14.4. The number of hydrogen-bond acceptors (Lipinski definition) is 2. The van der Waals surface area contributed by atoms with Crippen LogP contribution in [0.1, 0.15) is 35.1 Å². The highest BCUT2D eigenvalue weighted by Gasteiger charge is 2.19. The Hall–Kier alpha value is -2.50. The number of fused-ring (bicyclic) bond motifs is 1. The first-order valence-electron chi connectivity index (χ1n) is 9.06. The van der Waals surface area contributed by atoms with Crippen molar-refractivity contribution in [2.24, 2.45) is 0 Å². The van der Waals surface area contributed by atoms with Gasteiger partial charge in [0, 0.05) is 37.9 Å². The van der Waals surface area contributed by atoms with Crippen LogP contribution < -0.4 is 0 Å². The van der Waals surface area contributed by atoms with E-state index in [0.29, 0.717) is 6.10 Å². The molecule has 2 aliphatic heterocycles. The van der Waals surface area contributed by atoms with E-state index in [-0.39, 0.29) is 0 Å². The lowest BCUT2D eigenvalue weighted by molar-refractivity contribution is 0.0848. The van der Waals surface area contributed by atoms with Crippen molar-refractivity contribution >= 4 is 6.08 Å². The largest absolute Gasteiger partial charge is 0.376 e. The van der Waals surface area contributed by atoms with Crippen LogP contribution in [0.3, 0.4) is 0 Å². The fourth-order valence-electron chi connectivity index (χ4n) is 3.46. The Morgan fingerprint density at radius 3 is 2.88 bits per heavy atom. The summed E-state index contributed by atoms with van der Waals surface area (Å²) in [6.07, 6.45) is 7.96. The maximum absolute atomic E-state index is 5.76. The van der Waals surface area contributed by atoms with E-state index >= 15 is 0 Å². The van der Waals surface area contributed by atoms with Crippen LogP contribution in [0, 0.1) is 11.8 Å². The molecular formula is C23H23NO. The minimum Gasteiger partial charge on any atom is -0.376 e. The Balaban J connectivity index is 1.42. The highest BCUT2D eigenvalue weighted by Crippen LogP contribution is 2.23. The normalized spacial score (nSPS) is 18.6. The quantitative estimate of drug-likeness (QED) is 0.781. The standard InChI is InChI=1S/C23H23NO/c1-2-6-19(7-3-1)8-4-9-20-11-12-21-13-14-24(17-22(21)16-20)18-23-10-5-15-25-23/h1-3,6-7,11-14,16,23H,5,8,10,15,17-18H2. The van der Waals surface area contributed by atoms with E-state index in [9.17, 15) is 0 Å². The third-order valence-corrected chi connectivity index (χ3v) is 4.81. The van der Waals surface area contributed by atoms with Crippen molar-refractivity contribution in [3.05, 3.63) is 77.0 Å². The van der Waals surface area contributed by atoms with E-state index in [2.05, 4.69) is 71.5 Å². The summed E-state index contributed by atoms with van der Waals surface area (Å²) in [5, 5.41) is 0. The summed E-state index contributed by atoms with van der Waals surface area (Å²) in [7, 11) is 0. The number of ether oxygens (including phenoxy) is 1. The lowest BCUT2D eigenvalue weighted by Crippen LogP contribution is -2.29. The Morgan fingerprint density at radius 2 is 2.04 bits per heavy atom. The van der Waals surface area contributed by atoms with Gasteiger partial charge in [0.1, 0.15) is 0 Å². The molecule has 2 heteroatoms. The molecule has 0 aliphatic carbocycles. The van der Waals surface area contributed by atoms with Crippen LogP contribution in [0.2, 0.25) is 0 Å². The van der Waals surface area contributed by atoms with Gasteiger partial charge in [0.2, 0.25) is 0 Å². The van der Waals surface area contributed by atoms with Gasteiger partial charge < -0.3 is 9.64 Å². The van der Waals surface area contributed by atoms with Crippen LogP contribution in [0.25, 0.3) is 6.08 Å². The molecule has 25 heavy (non-hydrogen) atoms. The first kappa shape index (κ1) is 16.0. The monoisotopic (exact) mass is 329 g/mol. The van der Waals surface area contributed by atoms with E-state index in [1.165, 1.54) is 29.5 Å². The van der Waals surface area contributed by atoms with Gasteiger partial charge in [-0.15, -0.1) is 0 Å². The van der Waals surface area contributed by atoms with Crippen molar-refractivity contribution in [3.63, 3.8) is 0 Å². The molecule has 0 spiro atoms. The molecule has 0 aromatic heterocycles. The SMILES string of the molecule is C(#Cc1ccc2c(c1)CN(CC1CCCO1)C=C2)Cc1ccccc1. The Kier molecular flexibility index (Phi) is 4.86. The summed E-state index contributed by atoms with van der Waals surface area (Å²) in [6.45, 7) is 2.85. The van der Waals surface area contributed by atoms with Crippen molar-refractivity contribution in [2.75, 3.05) is 13.2 Å². The zero-order chi connectivity index (χ0) is 16.9. The van der Waals surface area contributed by atoms with E-state index in [4.69, 9.17) is 4.74 Å². The molecule has 2 nitrogen and oxygen atoms in total. The second kappa shape index (κ2) is 7.59. The number of hydrogen-bond donors (Lipinski definition) is 0. The Morgan fingerprint density at radius 1 is 1.12 bits per heavy atom. The highest BCUT2D eigenvalue weighted by molar-refractivity contribution is 5.58. The van der Waals surface area contributed by atoms with Crippen LogP contribution in [0.5, 0.6) is 0 Å². The average Bonchev–Trinajstić information content (AvgIpc) is 3.15. The molecule has 0 saturated carbocycles. The molecule has 1 saturated heterocycles. The maximum atomic E-state index is 5.76. The molecule has 2 aromatic rings. The van der Waals surface area contributed by atoms with Gasteiger partial charge in [0.15, 0.2) is 0 Å². The fourth-order valence-corrected chi connectivity index (χ4v) is 3.46. The third kappa shape index (κ3) is 4.13. The summed E-state index contributed by atoms with van der Waals surface area (Å²) < 4.78 is 5.76. The molecule has 0 amide bonds. The van der Waals surface area contributed by atoms with E-state index in [1.807, 2.05) is 6.07 Å². The van der Waals surface area contributed by atoms with Gasteiger partial charge >= 0.3 is 0 Å². The topological polar surface area (TPSA) is 12.5 Å². The number of nitrogens with zero attached hydrogens (tertiary/aromatic N) is 1. The second-order valence-electron chi connectivity index (χ2n) is 6.76. The lowest BCUT2D eigenvalue weighted by Gasteiger charge is -2.27. The number of rotatable bonds is 3. The predicted molar refractivity (Wildman–Crippen MR) is 102 cm³/mol. The maximum Gasteiger partial charge on any atom is 0.0750 e. The molecule has 2 heterocycles. The summed E-state index contributed by atoms with van der Waals surface area (Å²) in [5.41, 5.74) is 5.02. The zero-order valence-corrected chi connectivity index (χ0v) is 14.4. The van der Waals surface area contributed by atoms with Gasteiger partial charge in [0.25, 0.3) is 0 Å². The van der Waals surface area contributed by atoms with Gasteiger partial charge in [-0.1, -0.05) is 48.2 Å².